The minimum Gasteiger partial charge on any atom is -0.497 e. The summed E-state index contributed by atoms with van der Waals surface area (Å²) in [7, 11) is 3.00. The molecule has 1 N–H and O–H groups in total. The Balaban J connectivity index is 1.89. The molecule has 0 aromatic heterocycles. The van der Waals surface area contributed by atoms with Gasteiger partial charge < -0.3 is 19.7 Å². The number of anilines is 1. The van der Waals surface area contributed by atoms with Crippen LogP contribution in [0, 0.1) is 12.7 Å². The Morgan fingerprint density at radius 2 is 1.78 bits per heavy atom. The first-order valence-electron chi connectivity index (χ1n) is 10.1. The highest BCUT2D eigenvalue weighted by molar-refractivity contribution is 6.03. The lowest BCUT2D eigenvalue weighted by atomic mass is 9.94. The fourth-order valence-electron chi connectivity index (χ4n) is 3.95. The summed E-state index contributed by atoms with van der Waals surface area (Å²) in [4.78, 5) is 28.0. The lowest BCUT2D eigenvalue weighted by molar-refractivity contribution is -0.117. The number of halogens is 1. The average molecular weight is 434 g/mol. The molecule has 2 amide bonds. The number of aryl methyl sites for hydroxylation is 1. The third-order valence-electron chi connectivity index (χ3n) is 5.49. The van der Waals surface area contributed by atoms with Crippen molar-refractivity contribution < 1.29 is 23.5 Å². The maximum absolute atomic E-state index is 13.8. The summed E-state index contributed by atoms with van der Waals surface area (Å²) >= 11 is 0. The number of benzene rings is 3. The van der Waals surface area contributed by atoms with Crippen molar-refractivity contribution in [1.29, 1.82) is 0 Å². The molecule has 1 aliphatic rings. The maximum atomic E-state index is 13.8. The summed E-state index contributed by atoms with van der Waals surface area (Å²) in [5.74, 6) is -0.205. The highest BCUT2D eigenvalue weighted by atomic mass is 19.1. The largest absolute Gasteiger partial charge is 0.497 e. The Morgan fingerprint density at radius 3 is 2.47 bits per heavy atom. The van der Waals surface area contributed by atoms with Crippen molar-refractivity contribution in [3.63, 3.8) is 0 Å². The van der Waals surface area contributed by atoms with Crippen LogP contribution in [0.15, 0.2) is 60.7 Å². The number of amides is 2. The van der Waals surface area contributed by atoms with Gasteiger partial charge in [-0.15, -0.1) is 0 Å². The van der Waals surface area contributed by atoms with Crippen molar-refractivity contribution in [2.75, 3.05) is 26.1 Å². The van der Waals surface area contributed by atoms with Crippen LogP contribution in [0.3, 0.4) is 0 Å². The molecular weight excluding hydrogens is 411 g/mol. The zero-order chi connectivity index (χ0) is 22.8. The second-order valence-electron chi connectivity index (χ2n) is 7.59. The third kappa shape index (κ3) is 4.01. The van der Waals surface area contributed by atoms with Crippen LogP contribution in [0.25, 0.3) is 0 Å². The van der Waals surface area contributed by atoms with E-state index in [4.69, 9.17) is 9.47 Å². The highest BCUT2D eigenvalue weighted by Gasteiger charge is 2.35. The Labute approximate surface area is 185 Å². The summed E-state index contributed by atoms with van der Waals surface area (Å²) in [6.45, 7) is 1.76. The molecule has 0 radical (unpaired) electrons. The van der Waals surface area contributed by atoms with Crippen molar-refractivity contribution >= 4 is 17.5 Å². The summed E-state index contributed by atoms with van der Waals surface area (Å²) in [6, 6.07) is 15.9. The molecule has 7 heteroatoms. The van der Waals surface area contributed by atoms with E-state index in [1.807, 2.05) is 25.1 Å². The maximum Gasteiger partial charge on any atom is 0.258 e. The van der Waals surface area contributed by atoms with Crippen molar-refractivity contribution in [3.8, 4) is 11.5 Å². The van der Waals surface area contributed by atoms with Gasteiger partial charge >= 0.3 is 0 Å². The number of nitrogens with one attached hydrogen (secondary N) is 1. The molecule has 6 nitrogen and oxygen atoms in total. The van der Waals surface area contributed by atoms with Gasteiger partial charge in [-0.25, -0.2) is 4.39 Å². The molecule has 1 aliphatic heterocycles. The Bertz CT molecular complexity index is 1180. The molecule has 0 spiro atoms. The van der Waals surface area contributed by atoms with E-state index in [-0.39, 0.29) is 24.2 Å². The number of hydrogen-bond acceptors (Lipinski definition) is 4. The molecule has 0 aliphatic carbocycles. The summed E-state index contributed by atoms with van der Waals surface area (Å²) < 4.78 is 24.3. The number of rotatable bonds is 4. The molecule has 0 bridgehead atoms. The first kappa shape index (κ1) is 21.4. The predicted octanol–water partition coefficient (Wildman–Crippen LogP) is 4.34. The predicted molar refractivity (Wildman–Crippen MR) is 119 cm³/mol. The van der Waals surface area contributed by atoms with Gasteiger partial charge in [-0.2, -0.15) is 0 Å². The first-order chi connectivity index (χ1) is 15.4. The van der Waals surface area contributed by atoms with Crippen molar-refractivity contribution in [2.45, 2.75) is 13.0 Å². The van der Waals surface area contributed by atoms with E-state index in [1.54, 1.807) is 30.3 Å². The van der Waals surface area contributed by atoms with Gasteiger partial charge in [0.05, 0.1) is 25.8 Å². The number of methoxy groups -OCH3 is 2. The zero-order valence-electron chi connectivity index (χ0n) is 18.0. The molecular formula is C25H23FN2O4. The second kappa shape index (κ2) is 8.70. The molecule has 0 saturated heterocycles. The molecule has 1 heterocycles. The number of ether oxygens (including phenoxy) is 2. The topological polar surface area (TPSA) is 67.9 Å². The van der Waals surface area contributed by atoms with Gasteiger partial charge in [-0.05, 0) is 42.8 Å². The lowest BCUT2D eigenvalue weighted by Crippen LogP contribution is -2.39. The van der Waals surface area contributed by atoms with E-state index in [0.717, 1.165) is 11.1 Å². The summed E-state index contributed by atoms with van der Waals surface area (Å²) in [6.07, 6.45) is 0. The Hall–Kier alpha value is -3.87. The molecule has 0 fully saturated rings. The number of nitrogens with zero attached hydrogens (tertiary/aromatic N) is 1. The average Bonchev–Trinajstić information content (AvgIpc) is 2.94. The second-order valence-corrected chi connectivity index (χ2v) is 7.59. The minimum atomic E-state index is -0.608. The van der Waals surface area contributed by atoms with E-state index in [2.05, 4.69) is 5.32 Å². The minimum absolute atomic E-state index is 0.177. The molecule has 32 heavy (non-hydrogen) atoms. The monoisotopic (exact) mass is 434 g/mol. The fourth-order valence-corrected chi connectivity index (χ4v) is 3.95. The number of carbonyl (C=O) groups excluding carboxylic acids is 2. The third-order valence-corrected chi connectivity index (χ3v) is 5.49. The van der Waals surface area contributed by atoms with Crippen LogP contribution in [-0.4, -0.2) is 37.5 Å². The van der Waals surface area contributed by atoms with E-state index in [0.29, 0.717) is 28.3 Å². The van der Waals surface area contributed by atoms with Crippen LogP contribution < -0.4 is 14.8 Å². The number of carbonyl (C=O) groups is 2. The van der Waals surface area contributed by atoms with Gasteiger partial charge in [0, 0.05) is 17.3 Å². The molecule has 0 saturated carbocycles. The smallest absolute Gasteiger partial charge is 0.258 e. The molecule has 3 aromatic rings. The summed E-state index contributed by atoms with van der Waals surface area (Å²) in [5.41, 5.74) is 3.33. The molecule has 164 valence electrons. The van der Waals surface area contributed by atoms with Crippen LogP contribution >= 0.6 is 0 Å². The lowest BCUT2D eigenvalue weighted by Gasteiger charge is -2.31. The summed E-state index contributed by atoms with van der Waals surface area (Å²) in [5, 5.41) is 2.89. The van der Waals surface area contributed by atoms with Gasteiger partial charge in [0.2, 0.25) is 5.91 Å². The van der Waals surface area contributed by atoms with Crippen LogP contribution in [0.5, 0.6) is 11.5 Å². The van der Waals surface area contributed by atoms with Crippen molar-refractivity contribution in [1.82, 2.24) is 4.90 Å². The van der Waals surface area contributed by atoms with E-state index < -0.39 is 6.04 Å². The standard InChI is InChI=1S/C25H23FN2O4/c1-15-4-11-21-20(12-15)24(16-5-7-17(26)8-6-16)28(14-23(29)27-21)25(30)19-10-9-18(31-2)13-22(19)32-3/h4-13,24H,14H2,1-3H3,(H,27,29). The van der Waals surface area contributed by atoms with Gasteiger partial charge in [-0.1, -0.05) is 29.8 Å². The van der Waals surface area contributed by atoms with Crippen LogP contribution in [0.4, 0.5) is 10.1 Å². The van der Waals surface area contributed by atoms with Crippen LogP contribution in [0.1, 0.15) is 33.1 Å². The Kier molecular flexibility index (Phi) is 5.81. The molecule has 1 unspecified atom stereocenters. The van der Waals surface area contributed by atoms with Crippen molar-refractivity contribution in [3.05, 3.63) is 88.7 Å². The zero-order valence-corrected chi connectivity index (χ0v) is 18.0. The van der Waals surface area contributed by atoms with Crippen molar-refractivity contribution in [2.24, 2.45) is 0 Å². The van der Waals surface area contributed by atoms with Crippen LogP contribution in [-0.2, 0) is 4.79 Å². The fraction of sp³-hybridized carbons (Fsp3) is 0.200. The van der Waals surface area contributed by atoms with Crippen LogP contribution in [0.2, 0.25) is 0 Å². The normalized spacial score (nSPS) is 15.4. The quantitative estimate of drug-likeness (QED) is 0.664. The first-order valence-corrected chi connectivity index (χ1v) is 10.1. The van der Waals surface area contributed by atoms with Gasteiger partial charge in [0.1, 0.15) is 23.9 Å². The number of fused-ring (bicyclic) bond motifs is 1. The molecule has 3 aromatic carbocycles. The Morgan fingerprint density at radius 1 is 1.03 bits per heavy atom. The molecule has 4 rings (SSSR count). The van der Waals surface area contributed by atoms with Gasteiger partial charge in [0.25, 0.3) is 5.91 Å². The van der Waals surface area contributed by atoms with E-state index in [1.165, 1.54) is 31.3 Å². The SMILES string of the molecule is COc1ccc(C(=O)N2CC(=O)Nc3ccc(C)cc3C2c2ccc(F)cc2)c(OC)c1. The van der Waals surface area contributed by atoms with Gasteiger partial charge in [0.15, 0.2) is 0 Å². The highest BCUT2D eigenvalue weighted by Crippen LogP contribution is 2.38. The van der Waals surface area contributed by atoms with E-state index >= 15 is 0 Å². The molecule has 1 atom stereocenters. The van der Waals surface area contributed by atoms with E-state index in [9.17, 15) is 14.0 Å². The van der Waals surface area contributed by atoms with Gasteiger partial charge in [-0.3, -0.25) is 9.59 Å². The number of hydrogen-bond donors (Lipinski definition) is 1.